The number of fused-ring (bicyclic) bond motifs is 6. The summed E-state index contributed by atoms with van der Waals surface area (Å²) in [6.45, 7) is 0. The molecule has 0 amide bonds. The number of alkyl halides is 10. The zero-order valence-corrected chi connectivity index (χ0v) is 50.4. The highest BCUT2D eigenvalue weighted by Gasteiger charge is 2.76. The third-order valence-electron chi connectivity index (χ3n) is 25.1. The molecule has 4 bridgehead atoms. The third-order valence-corrected chi connectivity index (χ3v) is 27.3. The number of aromatic hydroxyl groups is 2. The quantitative estimate of drug-likeness (QED) is 0.0462. The molecule has 0 aromatic heterocycles. The zero-order chi connectivity index (χ0) is 60.0. The summed E-state index contributed by atoms with van der Waals surface area (Å²) in [5.41, 5.74) is 4.10. The van der Waals surface area contributed by atoms with E-state index in [1.165, 1.54) is 22.3 Å². The van der Waals surface area contributed by atoms with Crippen LogP contribution in [0.25, 0.3) is 0 Å². The van der Waals surface area contributed by atoms with E-state index in [1.807, 2.05) is 24.3 Å². The first-order chi connectivity index (χ1) is 39.8. The number of aryl methyl sites for hydroxylation is 2. The molecule has 84 heavy (non-hydrogen) atoms. The van der Waals surface area contributed by atoms with Crippen LogP contribution in [0.1, 0.15) is 278 Å². The van der Waals surface area contributed by atoms with Gasteiger partial charge in [-0.1, -0.05) is 115 Å². The zero-order valence-electron chi connectivity index (χ0n) is 49.6. The second-order valence-electron chi connectivity index (χ2n) is 28.7. The normalized spacial score (nSPS) is 33.4. The highest BCUT2D eigenvalue weighted by molar-refractivity contribution is 7.86. The van der Waals surface area contributed by atoms with Crippen LogP contribution in [0.5, 0.6) is 11.5 Å². The smallest absolute Gasteiger partial charge is 0.453 e. The van der Waals surface area contributed by atoms with Crippen molar-refractivity contribution < 1.29 is 68.5 Å². The van der Waals surface area contributed by atoms with Crippen LogP contribution in [0, 0.1) is 33.5 Å². The number of halogens is 10. The van der Waals surface area contributed by atoms with Crippen molar-refractivity contribution in [3.05, 3.63) is 58.7 Å². The Bertz CT molecular complexity index is 2400. The molecule has 6 saturated carbocycles. The Kier molecular flexibility index (Phi) is 19.2. The number of benzene rings is 2. The lowest BCUT2D eigenvalue weighted by atomic mass is 9.46. The molecule has 474 valence electrons. The summed E-state index contributed by atoms with van der Waals surface area (Å²) in [5, 5.41) is 42.3. The van der Waals surface area contributed by atoms with E-state index in [2.05, 4.69) is 12.1 Å². The topological polar surface area (TPSA) is 98.0 Å². The van der Waals surface area contributed by atoms with Crippen molar-refractivity contribution in [3.63, 3.8) is 0 Å². The van der Waals surface area contributed by atoms with E-state index in [9.17, 15) is 68.5 Å². The molecule has 8 aliphatic carbocycles. The minimum absolute atomic E-state index is 0.00149. The maximum atomic E-state index is 14.4. The van der Waals surface area contributed by atoms with Crippen molar-refractivity contribution in [3.8, 4) is 11.5 Å². The van der Waals surface area contributed by atoms with Gasteiger partial charge in [0.25, 0.3) is 0 Å². The monoisotopic (exact) mass is 1210 g/mol. The summed E-state index contributed by atoms with van der Waals surface area (Å²) in [6, 6.07) is 11.7. The average molecular weight is 1220 g/mol. The molecule has 16 heteroatoms. The molecular formula is C68H96F10O5S. The molecule has 2 unspecified atom stereocenters. The summed E-state index contributed by atoms with van der Waals surface area (Å²) in [7, 11) is -2.24. The first-order valence-electron chi connectivity index (χ1n) is 33.1. The van der Waals surface area contributed by atoms with E-state index in [0.717, 1.165) is 193 Å². The van der Waals surface area contributed by atoms with Gasteiger partial charge in [0.15, 0.2) is 0 Å². The van der Waals surface area contributed by atoms with E-state index < -0.39 is 82.4 Å². The van der Waals surface area contributed by atoms with Crippen LogP contribution in [-0.4, -0.2) is 70.5 Å². The Labute approximate surface area is 495 Å². The van der Waals surface area contributed by atoms with Gasteiger partial charge in [-0.2, -0.15) is 43.9 Å². The Balaban J connectivity index is 0.667. The first kappa shape index (κ1) is 64.4. The summed E-state index contributed by atoms with van der Waals surface area (Å²) in [6.07, 6.45) is 14.2. The highest BCUT2D eigenvalue weighted by atomic mass is 32.2. The van der Waals surface area contributed by atoms with Crippen molar-refractivity contribution in [2.45, 2.75) is 315 Å². The highest BCUT2D eigenvalue weighted by Crippen LogP contribution is 2.80. The first-order valence-corrected chi connectivity index (χ1v) is 34.4. The fraction of sp³-hybridized carbons (Fsp3) is 0.824. The lowest BCUT2D eigenvalue weighted by Gasteiger charge is -2.58. The summed E-state index contributed by atoms with van der Waals surface area (Å²) in [5.74, 6) is -7.57. The Hall–Kier alpha value is -2.59. The van der Waals surface area contributed by atoms with Crippen LogP contribution in [-0.2, 0) is 23.6 Å². The molecule has 5 nitrogen and oxygen atoms in total. The molecule has 4 N–H and O–H groups in total. The SMILES string of the molecule is O=S(C(CCCCCCCCCC[C@]12CC[C@@H]3c4ccc(O)cc4CC[C@H]3C13CCC2(O)CC3)CCC(F)(F)C(F)(F)F)C(CCCCCCCCCC[C@]12CC[C@@H]3c4ccc(O)cc4CC[C@H]3C13CCC2(O)CC3)CCC(F)(F)C(F)(F)F. The maximum Gasteiger partial charge on any atom is 0.453 e. The van der Waals surface area contributed by atoms with Gasteiger partial charge in [0, 0.05) is 45.0 Å². The number of unbranched alkanes of at least 4 members (excludes halogenated alkanes) is 14. The molecule has 0 heterocycles. The fourth-order valence-electron chi connectivity index (χ4n) is 21.0. The Morgan fingerprint density at radius 2 is 0.774 bits per heavy atom. The standard InChI is InChI=1S/C68H96F10O5S/c69-65(70,67(73,74)75)35-27-51(17-13-9-5-1-3-7-11-15-31-61-33-29-55-53-23-21-49(79)45-47(53)19-25-57(55)59(61)37-41-63(61,81)42-38-59)84(83)52(28-36-66(71,72)68(76,77)78)18-14-10-6-2-4-8-12-16-32-62-34-30-56-54-24-22-50(80)46-48(54)20-26-58(56)60(62)39-43-64(62,82)44-40-60/h21-24,45-46,51-52,55-58,79-82H,1-20,25-44H2/t51?,52?,55-,56-,57-,58-,59?,60?,61+,62+,63?,64?,84?/m1/s1. The van der Waals surface area contributed by atoms with E-state index in [4.69, 9.17) is 0 Å². The number of phenols is 2. The van der Waals surface area contributed by atoms with Gasteiger partial charge in [-0.3, -0.25) is 4.21 Å². The summed E-state index contributed by atoms with van der Waals surface area (Å²) >= 11 is 0. The van der Waals surface area contributed by atoms with Crippen molar-refractivity contribution in [1.29, 1.82) is 0 Å². The van der Waals surface area contributed by atoms with E-state index in [0.29, 0.717) is 60.9 Å². The molecule has 8 aliphatic rings. The van der Waals surface area contributed by atoms with Gasteiger partial charge < -0.3 is 20.4 Å². The van der Waals surface area contributed by atoms with Crippen LogP contribution in [0.3, 0.4) is 0 Å². The molecule has 10 rings (SSSR count). The van der Waals surface area contributed by atoms with E-state index >= 15 is 0 Å². The number of hydrogen-bond acceptors (Lipinski definition) is 5. The van der Waals surface area contributed by atoms with Crippen molar-refractivity contribution in [2.24, 2.45) is 33.5 Å². The lowest BCUT2D eigenvalue weighted by Crippen LogP contribution is -2.53. The third kappa shape index (κ3) is 11.8. The number of phenolic OH excluding ortho intramolecular Hbond substituents is 2. The van der Waals surface area contributed by atoms with E-state index in [-0.39, 0.29) is 34.5 Å². The van der Waals surface area contributed by atoms with Gasteiger partial charge in [-0.15, -0.1) is 0 Å². The van der Waals surface area contributed by atoms with E-state index in [1.54, 1.807) is 0 Å². The second kappa shape index (κ2) is 25.0. The van der Waals surface area contributed by atoms with Crippen molar-refractivity contribution in [2.75, 3.05) is 0 Å². The van der Waals surface area contributed by atoms with Gasteiger partial charge in [0.05, 0.1) is 11.2 Å². The van der Waals surface area contributed by atoms with Gasteiger partial charge in [-0.05, 0) is 222 Å². The fourth-order valence-corrected chi connectivity index (χ4v) is 23.1. The summed E-state index contributed by atoms with van der Waals surface area (Å²) in [4.78, 5) is 0. The van der Waals surface area contributed by atoms with Crippen LogP contribution < -0.4 is 0 Å². The van der Waals surface area contributed by atoms with Gasteiger partial charge in [-0.25, -0.2) is 0 Å². The number of hydrogen-bond donors (Lipinski definition) is 4. The Morgan fingerprint density at radius 3 is 1.12 bits per heavy atom. The molecule has 2 aromatic carbocycles. The van der Waals surface area contributed by atoms with Crippen LogP contribution in [0.15, 0.2) is 36.4 Å². The molecule has 2 aromatic rings. The second-order valence-corrected chi connectivity index (χ2v) is 30.7. The Morgan fingerprint density at radius 1 is 0.440 bits per heavy atom. The largest absolute Gasteiger partial charge is 0.508 e. The molecular weight excluding hydrogens is 1120 g/mol. The predicted octanol–water partition coefficient (Wildman–Crippen LogP) is 19.5. The van der Waals surface area contributed by atoms with Crippen LogP contribution in [0.2, 0.25) is 0 Å². The van der Waals surface area contributed by atoms with Crippen molar-refractivity contribution >= 4 is 10.8 Å². The molecule has 8 atom stereocenters. The number of rotatable bonds is 30. The molecule has 6 fully saturated rings. The maximum absolute atomic E-state index is 14.4. The minimum atomic E-state index is -5.85. The van der Waals surface area contributed by atoms with Gasteiger partial charge >= 0.3 is 24.2 Å². The molecule has 0 spiro atoms. The molecule has 0 saturated heterocycles. The van der Waals surface area contributed by atoms with Crippen LogP contribution >= 0.6 is 0 Å². The molecule has 0 aliphatic heterocycles. The lowest BCUT2D eigenvalue weighted by molar-refractivity contribution is -0.284. The van der Waals surface area contributed by atoms with Crippen LogP contribution in [0.4, 0.5) is 43.9 Å². The summed E-state index contributed by atoms with van der Waals surface area (Å²) < 4.78 is 152. The van der Waals surface area contributed by atoms with Crippen molar-refractivity contribution in [1.82, 2.24) is 0 Å². The predicted molar refractivity (Wildman–Crippen MR) is 309 cm³/mol. The molecule has 0 radical (unpaired) electrons. The van der Waals surface area contributed by atoms with Gasteiger partial charge in [0.2, 0.25) is 0 Å². The van der Waals surface area contributed by atoms with Gasteiger partial charge in [0.1, 0.15) is 11.5 Å². The number of aliphatic hydroxyl groups is 2. The minimum Gasteiger partial charge on any atom is -0.508 e. The average Bonchev–Trinajstić information content (AvgIpc) is 2.23.